The maximum absolute atomic E-state index is 5.24. The molecule has 0 spiro atoms. The van der Waals surface area contributed by atoms with Crippen molar-refractivity contribution >= 4 is 21.6 Å². The topological polar surface area (TPSA) is 21.7 Å². The lowest BCUT2D eigenvalue weighted by atomic mass is 10.1. The van der Waals surface area contributed by atoms with E-state index in [1.54, 1.807) is 14.2 Å². The quantitative estimate of drug-likeness (QED) is 0.317. The summed E-state index contributed by atoms with van der Waals surface area (Å²) >= 11 is 0. The van der Waals surface area contributed by atoms with Gasteiger partial charge in [0.15, 0.2) is 0 Å². The van der Waals surface area contributed by atoms with Crippen LogP contribution >= 0.6 is 21.6 Å². The Morgan fingerprint density at radius 2 is 1.64 bits per heavy atom. The van der Waals surface area contributed by atoms with Gasteiger partial charge in [-0.15, -0.1) is 0 Å². The molecule has 0 unspecified atom stereocenters. The lowest BCUT2D eigenvalue weighted by Gasteiger charge is -2.21. The minimum Gasteiger partial charge on any atom is -0.384 e. The van der Waals surface area contributed by atoms with Crippen molar-refractivity contribution in [2.75, 3.05) is 53.3 Å². The molecule has 0 N–H and O–H groups in total. The van der Waals surface area contributed by atoms with Crippen molar-refractivity contribution in [3.8, 4) is 0 Å². The number of rotatable bonds is 15. The van der Waals surface area contributed by atoms with Crippen LogP contribution in [0.15, 0.2) is 0 Å². The van der Waals surface area contributed by atoms with E-state index in [2.05, 4.69) is 32.7 Å². The molecule has 0 heterocycles. The highest BCUT2D eigenvalue weighted by Gasteiger charge is 2.15. The number of nitrogens with zero attached hydrogens (tertiary/aromatic N) is 1. The molecule has 0 amide bonds. The average molecular weight is 352 g/mol. The van der Waals surface area contributed by atoms with Crippen LogP contribution in [0.4, 0.5) is 0 Å². The zero-order chi connectivity index (χ0) is 16.8. The van der Waals surface area contributed by atoms with Gasteiger partial charge in [-0.25, -0.2) is 0 Å². The minimum atomic E-state index is 0.411. The zero-order valence-corrected chi connectivity index (χ0v) is 17.2. The number of methoxy groups -OCH3 is 2. The van der Waals surface area contributed by atoms with Crippen LogP contribution in [0.3, 0.4) is 0 Å². The first-order valence-corrected chi connectivity index (χ1v) is 10.7. The summed E-state index contributed by atoms with van der Waals surface area (Å²) in [4.78, 5) is 2.45. The van der Waals surface area contributed by atoms with E-state index in [4.69, 9.17) is 9.47 Å². The van der Waals surface area contributed by atoms with E-state index in [1.807, 2.05) is 21.6 Å². The van der Waals surface area contributed by atoms with Crippen LogP contribution in [0, 0.1) is 5.92 Å². The van der Waals surface area contributed by atoms with Gasteiger partial charge in [0.2, 0.25) is 0 Å². The first-order valence-electron chi connectivity index (χ1n) is 8.42. The normalized spacial score (nSPS) is 12.5. The molecule has 0 aromatic carbocycles. The van der Waals surface area contributed by atoms with Crippen molar-refractivity contribution in [1.29, 1.82) is 0 Å². The zero-order valence-electron chi connectivity index (χ0n) is 15.5. The molecular weight excluding hydrogens is 314 g/mol. The highest BCUT2D eigenvalue weighted by Crippen LogP contribution is 2.37. The monoisotopic (exact) mass is 351 g/mol. The summed E-state index contributed by atoms with van der Waals surface area (Å²) in [6, 6.07) is 0. The van der Waals surface area contributed by atoms with Gasteiger partial charge >= 0.3 is 0 Å². The van der Waals surface area contributed by atoms with Gasteiger partial charge in [0.1, 0.15) is 0 Å². The van der Waals surface area contributed by atoms with Crippen molar-refractivity contribution in [2.45, 2.75) is 51.2 Å². The molecule has 0 aliphatic heterocycles. The summed E-state index contributed by atoms with van der Waals surface area (Å²) in [5.41, 5.74) is 0. The highest BCUT2D eigenvalue weighted by molar-refractivity contribution is 8.77. The van der Waals surface area contributed by atoms with Crippen LogP contribution in [-0.2, 0) is 9.47 Å². The molecule has 0 aliphatic carbocycles. The lowest BCUT2D eigenvalue weighted by molar-refractivity contribution is 0.0781. The van der Waals surface area contributed by atoms with Crippen LogP contribution in [0.25, 0.3) is 0 Å². The Labute approximate surface area is 146 Å². The van der Waals surface area contributed by atoms with E-state index in [9.17, 15) is 0 Å². The Morgan fingerprint density at radius 1 is 1.05 bits per heavy atom. The summed E-state index contributed by atoms with van der Waals surface area (Å²) in [5.74, 6) is 1.78. The maximum atomic E-state index is 5.24. The molecule has 0 aromatic heterocycles. The minimum absolute atomic E-state index is 0.411. The third-order valence-electron chi connectivity index (χ3n) is 3.86. The second-order valence-electron chi connectivity index (χ2n) is 6.59. The standard InChI is InChI=1S/C17H37NO2S2/c1-7-17(2,3)22-21-13-9-12-18(4)11-8-10-16(14-19-5)15-20-6/h16H,7-15H2,1-6H3. The highest BCUT2D eigenvalue weighted by atomic mass is 33.1. The lowest BCUT2D eigenvalue weighted by Crippen LogP contribution is -2.23. The molecular formula is C17H37NO2S2. The smallest absolute Gasteiger partial charge is 0.0512 e. The third-order valence-corrected chi connectivity index (χ3v) is 7.38. The van der Waals surface area contributed by atoms with E-state index in [1.165, 1.54) is 44.5 Å². The van der Waals surface area contributed by atoms with Gasteiger partial charge in [-0.3, -0.25) is 0 Å². The molecule has 0 atom stereocenters. The number of ether oxygens (including phenoxy) is 2. The van der Waals surface area contributed by atoms with Gasteiger partial charge in [0, 0.05) is 30.6 Å². The molecule has 134 valence electrons. The van der Waals surface area contributed by atoms with E-state index >= 15 is 0 Å². The molecule has 0 aliphatic rings. The van der Waals surface area contributed by atoms with Gasteiger partial charge in [-0.2, -0.15) is 0 Å². The molecule has 0 fully saturated rings. The maximum Gasteiger partial charge on any atom is 0.0512 e. The first-order chi connectivity index (χ1) is 10.4. The summed E-state index contributed by atoms with van der Waals surface area (Å²) in [6.45, 7) is 10.9. The summed E-state index contributed by atoms with van der Waals surface area (Å²) in [6.07, 6.45) is 4.90. The number of hydrogen-bond donors (Lipinski definition) is 0. The van der Waals surface area contributed by atoms with E-state index < -0.39 is 0 Å². The van der Waals surface area contributed by atoms with Crippen LogP contribution < -0.4 is 0 Å². The van der Waals surface area contributed by atoms with Crippen molar-refractivity contribution in [3.05, 3.63) is 0 Å². The van der Waals surface area contributed by atoms with E-state index in [0.29, 0.717) is 10.7 Å². The van der Waals surface area contributed by atoms with Gasteiger partial charge in [0.25, 0.3) is 0 Å². The van der Waals surface area contributed by atoms with Crippen molar-refractivity contribution in [3.63, 3.8) is 0 Å². The van der Waals surface area contributed by atoms with Gasteiger partial charge in [-0.05, 0) is 59.7 Å². The van der Waals surface area contributed by atoms with Crippen molar-refractivity contribution < 1.29 is 9.47 Å². The summed E-state index contributed by atoms with van der Waals surface area (Å²) in [5, 5.41) is 0. The SMILES string of the molecule is CCC(C)(C)SSCCCN(C)CCCC(COC)COC. The second-order valence-corrected chi connectivity index (χ2v) is 9.72. The van der Waals surface area contributed by atoms with E-state index in [-0.39, 0.29) is 0 Å². The molecule has 5 heteroatoms. The molecule has 0 bridgehead atoms. The largest absolute Gasteiger partial charge is 0.384 e. The van der Waals surface area contributed by atoms with Gasteiger partial charge < -0.3 is 14.4 Å². The molecule has 22 heavy (non-hydrogen) atoms. The molecule has 0 rings (SSSR count). The van der Waals surface area contributed by atoms with Gasteiger partial charge in [0.05, 0.1) is 13.2 Å². The molecule has 0 radical (unpaired) electrons. The first kappa shape index (κ1) is 22.6. The van der Waals surface area contributed by atoms with Crippen molar-refractivity contribution in [2.24, 2.45) is 5.92 Å². The van der Waals surface area contributed by atoms with Gasteiger partial charge in [-0.1, -0.05) is 28.5 Å². The average Bonchev–Trinajstić information content (AvgIpc) is 2.47. The Morgan fingerprint density at radius 3 is 2.18 bits per heavy atom. The van der Waals surface area contributed by atoms with Crippen LogP contribution in [0.2, 0.25) is 0 Å². The van der Waals surface area contributed by atoms with Crippen LogP contribution in [-0.4, -0.2) is 63.0 Å². The molecule has 0 saturated heterocycles. The Hall–Kier alpha value is 0.580. The predicted molar refractivity (Wildman–Crippen MR) is 103 cm³/mol. The Kier molecular flexibility index (Phi) is 14.3. The molecule has 0 aromatic rings. The second kappa shape index (κ2) is 14.0. The predicted octanol–water partition coefficient (Wildman–Crippen LogP) is 4.57. The molecule has 0 saturated carbocycles. The Balaban J connectivity index is 3.59. The number of hydrogen-bond acceptors (Lipinski definition) is 5. The summed E-state index contributed by atoms with van der Waals surface area (Å²) < 4.78 is 10.9. The fourth-order valence-electron chi connectivity index (χ4n) is 2.10. The van der Waals surface area contributed by atoms with Crippen molar-refractivity contribution in [1.82, 2.24) is 4.90 Å². The van der Waals surface area contributed by atoms with Crippen LogP contribution in [0.5, 0.6) is 0 Å². The van der Waals surface area contributed by atoms with Crippen LogP contribution in [0.1, 0.15) is 46.5 Å². The Bertz CT molecular complexity index is 247. The fourth-order valence-corrected chi connectivity index (χ4v) is 4.78. The summed E-state index contributed by atoms with van der Waals surface area (Å²) in [7, 11) is 9.83. The van der Waals surface area contributed by atoms with E-state index in [0.717, 1.165) is 13.2 Å². The molecule has 3 nitrogen and oxygen atoms in total. The fraction of sp³-hybridized carbons (Fsp3) is 1.00. The third kappa shape index (κ3) is 13.1.